The summed E-state index contributed by atoms with van der Waals surface area (Å²) >= 11 is 0. The molecule has 0 aromatic carbocycles. The van der Waals surface area contributed by atoms with Gasteiger partial charge in [-0.2, -0.15) is 0 Å². The summed E-state index contributed by atoms with van der Waals surface area (Å²) in [7, 11) is -4.60. The van der Waals surface area contributed by atoms with Crippen molar-refractivity contribution in [3.63, 3.8) is 0 Å². The molecule has 3 atom stereocenters. The van der Waals surface area contributed by atoms with Crippen LogP contribution in [0.3, 0.4) is 0 Å². The van der Waals surface area contributed by atoms with Crippen molar-refractivity contribution >= 4 is 19.8 Å². The molecule has 0 bridgehead atoms. The first-order valence-corrected chi connectivity index (χ1v) is 17.1. The molecule has 0 saturated carbocycles. The van der Waals surface area contributed by atoms with Crippen LogP contribution in [0.15, 0.2) is 48.6 Å². The Kier molecular flexibility index (Phi) is 27.3. The molecule has 0 spiro atoms. The van der Waals surface area contributed by atoms with Crippen molar-refractivity contribution in [3.8, 4) is 0 Å². The minimum absolute atomic E-state index is 0.139. The first-order valence-electron chi connectivity index (χ1n) is 15.6. The van der Waals surface area contributed by atoms with Gasteiger partial charge in [-0.05, 0) is 51.4 Å². The third kappa shape index (κ3) is 27.2. The molecule has 0 fully saturated rings. The standard InChI is InChI=1S/C32H55O10P/c1-3-5-6-7-8-9-10-11-12-13-14-15-16-17-18-19-20-21-22-24-32(36)42-30(26-34)28-40-43(37,38)39-27-29(25-33)41-31(35)23-4-2/h5-6,8-9,11-12,14-15,29-30,33-34H,3-4,7,10,13,16-28H2,1-2H3,(H,37,38)/b6-5-,9-8-,12-11-,15-14-. The second-order valence-corrected chi connectivity index (χ2v) is 11.5. The van der Waals surface area contributed by atoms with Gasteiger partial charge in [-0.25, -0.2) is 4.57 Å². The molecule has 0 amide bonds. The van der Waals surface area contributed by atoms with Gasteiger partial charge in [0.05, 0.1) is 26.4 Å². The molecule has 10 nitrogen and oxygen atoms in total. The summed E-state index contributed by atoms with van der Waals surface area (Å²) in [5.41, 5.74) is 0. The van der Waals surface area contributed by atoms with Crippen LogP contribution in [-0.2, 0) is 32.7 Å². The molecule has 0 aliphatic carbocycles. The third-order valence-corrected chi connectivity index (χ3v) is 6.98. The van der Waals surface area contributed by atoms with Crippen molar-refractivity contribution < 1.29 is 47.8 Å². The number of esters is 2. The number of aliphatic hydroxyl groups is 2. The van der Waals surface area contributed by atoms with E-state index in [1.165, 1.54) is 0 Å². The molecule has 248 valence electrons. The van der Waals surface area contributed by atoms with E-state index in [-0.39, 0.29) is 12.8 Å². The van der Waals surface area contributed by atoms with E-state index in [0.717, 1.165) is 64.2 Å². The third-order valence-electron chi connectivity index (χ3n) is 6.03. The van der Waals surface area contributed by atoms with Gasteiger partial charge in [0.1, 0.15) is 12.2 Å². The van der Waals surface area contributed by atoms with Crippen LogP contribution < -0.4 is 0 Å². The number of allylic oxidation sites excluding steroid dienone is 8. The topological polar surface area (TPSA) is 149 Å². The molecule has 0 heterocycles. The summed E-state index contributed by atoms with van der Waals surface area (Å²) in [6, 6.07) is 0. The molecule has 3 N–H and O–H groups in total. The van der Waals surface area contributed by atoms with E-state index in [2.05, 4.69) is 55.5 Å². The number of carbonyl (C=O) groups excluding carboxylic acids is 2. The fourth-order valence-electron chi connectivity index (χ4n) is 3.67. The molecule has 0 aromatic heterocycles. The van der Waals surface area contributed by atoms with Crippen LogP contribution >= 0.6 is 7.82 Å². The highest BCUT2D eigenvalue weighted by Crippen LogP contribution is 2.43. The Morgan fingerprint density at radius 3 is 1.58 bits per heavy atom. The second-order valence-electron chi connectivity index (χ2n) is 10.1. The number of hydrogen-bond donors (Lipinski definition) is 3. The van der Waals surface area contributed by atoms with E-state index >= 15 is 0 Å². The average Bonchev–Trinajstić information content (AvgIpc) is 2.98. The van der Waals surface area contributed by atoms with Gasteiger partial charge in [0.15, 0.2) is 0 Å². The van der Waals surface area contributed by atoms with Crippen molar-refractivity contribution in [1.29, 1.82) is 0 Å². The molecule has 0 aliphatic heterocycles. The van der Waals surface area contributed by atoms with Gasteiger partial charge in [-0.1, -0.05) is 88.1 Å². The summed E-state index contributed by atoms with van der Waals surface area (Å²) in [4.78, 5) is 33.4. The molecule has 43 heavy (non-hydrogen) atoms. The minimum Gasteiger partial charge on any atom is -0.457 e. The van der Waals surface area contributed by atoms with Crippen LogP contribution in [0.25, 0.3) is 0 Å². The molecular formula is C32H55O10P. The summed E-state index contributed by atoms with van der Waals surface area (Å²) in [6.07, 6.45) is 27.1. The molecule has 0 aromatic rings. The molecule has 0 aliphatic rings. The highest BCUT2D eigenvalue weighted by atomic mass is 31.2. The van der Waals surface area contributed by atoms with Crippen LogP contribution in [0, 0.1) is 0 Å². The summed E-state index contributed by atoms with van der Waals surface area (Å²) in [5, 5.41) is 18.7. The number of phosphoric ester groups is 1. The van der Waals surface area contributed by atoms with E-state index < -0.39 is 58.4 Å². The first-order chi connectivity index (χ1) is 20.8. The van der Waals surface area contributed by atoms with Gasteiger partial charge in [0, 0.05) is 12.8 Å². The number of carbonyl (C=O) groups is 2. The van der Waals surface area contributed by atoms with Crippen LogP contribution in [-0.4, -0.2) is 65.7 Å². The highest BCUT2D eigenvalue weighted by Gasteiger charge is 2.27. The molecule has 11 heteroatoms. The van der Waals surface area contributed by atoms with E-state index in [0.29, 0.717) is 12.8 Å². The van der Waals surface area contributed by atoms with Crippen molar-refractivity contribution in [3.05, 3.63) is 48.6 Å². The maximum Gasteiger partial charge on any atom is 0.472 e. The number of ether oxygens (including phenoxy) is 2. The smallest absolute Gasteiger partial charge is 0.457 e. The van der Waals surface area contributed by atoms with E-state index in [1.807, 2.05) is 0 Å². The Labute approximate surface area is 258 Å². The normalized spacial score (nSPS) is 15.0. The fraction of sp³-hybridized carbons (Fsp3) is 0.688. The van der Waals surface area contributed by atoms with E-state index in [4.69, 9.17) is 18.5 Å². The Bertz CT molecular complexity index is 868. The summed E-state index contributed by atoms with van der Waals surface area (Å²) in [6.45, 7) is 1.60. The molecule has 0 saturated heterocycles. The lowest BCUT2D eigenvalue weighted by molar-refractivity contribution is -0.153. The zero-order valence-electron chi connectivity index (χ0n) is 26.1. The maximum absolute atomic E-state index is 12.1. The van der Waals surface area contributed by atoms with Crippen LogP contribution in [0.1, 0.15) is 104 Å². The summed E-state index contributed by atoms with van der Waals surface area (Å²) < 4.78 is 31.7. The van der Waals surface area contributed by atoms with Crippen molar-refractivity contribution in [2.75, 3.05) is 26.4 Å². The maximum atomic E-state index is 12.1. The largest absolute Gasteiger partial charge is 0.472 e. The Morgan fingerprint density at radius 1 is 0.651 bits per heavy atom. The SMILES string of the molecule is CC/C=C\C/C=C\C/C=C\C/C=C\CCCCCCCCC(=O)OC(CO)COP(=O)(O)OCC(CO)OC(=O)CCC. The fourth-order valence-corrected chi connectivity index (χ4v) is 4.45. The van der Waals surface area contributed by atoms with E-state index in [1.54, 1.807) is 6.92 Å². The van der Waals surface area contributed by atoms with Crippen LogP contribution in [0.4, 0.5) is 0 Å². The average molecular weight is 631 g/mol. The molecule has 3 unspecified atom stereocenters. The zero-order valence-corrected chi connectivity index (χ0v) is 27.0. The zero-order chi connectivity index (χ0) is 32.0. The van der Waals surface area contributed by atoms with Gasteiger partial charge in [-0.3, -0.25) is 18.6 Å². The Balaban J connectivity index is 3.91. The van der Waals surface area contributed by atoms with Crippen molar-refractivity contribution in [1.82, 2.24) is 0 Å². The first kappa shape index (κ1) is 40.9. The lowest BCUT2D eigenvalue weighted by Crippen LogP contribution is -2.28. The quantitative estimate of drug-likeness (QED) is 0.0371. The van der Waals surface area contributed by atoms with E-state index in [9.17, 15) is 29.3 Å². The predicted molar refractivity (Wildman–Crippen MR) is 168 cm³/mol. The van der Waals surface area contributed by atoms with Gasteiger partial charge in [0.2, 0.25) is 0 Å². The molecule has 0 radical (unpaired) electrons. The highest BCUT2D eigenvalue weighted by molar-refractivity contribution is 7.47. The molecular weight excluding hydrogens is 575 g/mol. The lowest BCUT2D eigenvalue weighted by Gasteiger charge is -2.20. The number of unbranched alkanes of at least 4 members (excludes halogenated alkanes) is 6. The monoisotopic (exact) mass is 630 g/mol. The van der Waals surface area contributed by atoms with Gasteiger partial charge in [-0.15, -0.1) is 0 Å². The van der Waals surface area contributed by atoms with Crippen molar-refractivity contribution in [2.24, 2.45) is 0 Å². The van der Waals surface area contributed by atoms with Gasteiger partial charge < -0.3 is 24.6 Å². The van der Waals surface area contributed by atoms with Gasteiger partial charge in [0.25, 0.3) is 0 Å². The van der Waals surface area contributed by atoms with Crippen LogP contribution in [0.5, 0.6) is 0 Å². The molecule has 0 rings (SSSR count). The Morgan fingerprint density at radius 2 is 1.09 bits per heavy atom. The number of phosphoric acid groups is 1. The predicted octanol–water partition coefficient (Wildman–Crippen LogP) is 6.65. The van der Waals surface area contributed by atoms with Crippen molar-refractivity contribution in [2.45, 2.75) is 116 Å². The van der Waals surface area contributed by atoms with Crippen LogP contribution in [0.2, 0.25) is 0 Å². The second kappa shape index (κ2) is 28.7. The summed E-state index contributed by atoms with van der Waals surface area (Å²) in [5.74, 6) is -1.09. The lowest BCUT2D eigenvalue weighted by atomic mass is 10.1. The van der Waals surface area contributed by atoms with Gasteiger partial charge >= 0.3 is 19.8 Å². The number of rotatable bonds is 28. The Hall–Kier alpha value is -2.07. The number of hydrogen-bond acceptors (Lipinski definition) is 9. The number of aliphatic hydroxyl groups excluding tert-OH is 2. The minimum atomic E-state index is -4.60.